The maximum Gasteiger partial charge on any atom is 0.328 e. The summed E-state index contributed by atoms with van der Waals surface area (Å²) in [6.07, 6.45) is 8.01. The summed E-state index contributed by atoms with van der Waals surface area (Å²) in [4.78, 5) is 20.5. The fourth-order valence-corrected chi connectivity index (χ4v) is 1.77. The van der Waals surface area contributed by atoms with Gasteiger partial charge in [0.1, 0.15) is 5.82 Å². The van der Waals surface area contributed by atoms with Gasteiger partial charge in [0.25, 0.3) is 0 Å². The first-order chi connectivity index (χ1) is 9.24. The molecule has 0 amide bonds. The van der Waals surface area contributed by atoms with E-state index in [1.807, 2.05) is 6.92 Å². The van der Waals surface area contributed by atoms with E-state index in [0.29, 0.717) is 13.1 Å². The van der Waals surface area contributed by atoms with Gasteiger partial charge < -0.3 is 5.32 Å². The molecule has 0 aliphatic carbocycles. The van der Waals surface area contributed by atoms with Gasteiger partial charge in [-0.2, -0.15) is 0 Å². The van der Waals surface area contributed by atoms with Crippen LogP contribution < -0.4 is 11.0 Å². The SMILES string of the molecule is CCCNc1cnc(Cn2ccn(CC)c2=O)cn1. The third kappa shape index (κ3) is 3.21. The van der Waals surface area contributed by atoms with Crippen LogP contribution in [0.2, 0.25) is 0 Å². The number of aromatic nitrogens is 4. The quantitative estimate of drug-likeness (QED) is 0.852. The lowest BCUT2D eigenvalue weighted by molar-refractivity contribution is 0.660. The lowest BCUT2D eigenvalue weighted by Crippen LogP contribution is -2.24. The molecule has 0 bridgehead atoms. The molecule has 0 aromatic carbocycles. The van der Waals surface area contributed by atoms with E-state index < -0.39 is 0 Å². The molecule has 2 rings (SSSR count). The molecule has 0 saturated heterocycles. The van der Waals surface area contributed by atoms with Crippen LogP contribution in [-0.4, -0.2) is 25.6 Å². The number of aryl methyl sites for hydroxylation is 1. The second kappa shape index (κ2) is 6.17. The highest BCUT2D eigenvalue weighted by Gasteiger charge is 2.04. The summed E-state index contributed by atoms with van der Waals surface area (Å²) < 4.78 is 3.29. The number of hydrogen-bond acceptors (Lipinski definition) is 4. The van der Waals surface area contributed by atoms with Gasteiger partial charge in [0.05, 0.1) is 24.6 Å². The summed E-state index contributed by atoms with van der Waals surface area (Å²) in [6.45, 7) is 6.05. The van der Waals surface area contributed by atoms with Crippen molar-refractivity contribution in [3.8, 4) is 0 Å². The van der Waals surface area contributed by atoms with Crippen molar-refractivity contribution in [2.45, 2.75) is 33.4 Å². The van der Waals surface area contributed by atoms with E-state index in [1.165, 1.54) is 0 Å². The molecule has 2 aromatic heterocycles. The maximum atomic E-state index is 11.9. The van der Waals surface area contributed by atoms with Crippen LogP contribution in [0.1, 0.15) is 26.0 Å². The molecule has 0 fully saturated rings. The Labute approximate surface area is 112 Å². The number of hydrogen-bond donors (Lipinski definition) is 1. The van der Waals surface area contributed by atoms with Crippen molar-refractivity contribution in [3.05, 3.63) is 41.0 Å². The molecule has 0 aliphatic heterocycles. The Hall–Kier alpha value is -2.11. The van der Waals surface area contributed by atoms with Crippen LogP contribution in [0.25, 0.3) is 0 Å². The third-order valence-electron chi connectivity index (χ3n) is 2.85. The minimum absolute atomic E-state index is 0.0162. The molecular formula is C13H19N5O. The standard InChI is InChI=1S/C13H19N5O/c1-3-5-14-12-9-15-11(8-16-12)10-18-7-6-17(4-2)13(18)19/h6-9H,3-5,10H2,1-2H3,(H,14,16). The zero-order valence-electron chi connectivity index (χ0n) is 11.3. The predicted octanol–water partition coefficient (Wildman–Crippen LogP) is 1.33. The van der Waals surface area contributed by atoms with Gasteiger partial charge in [0, 0.05) is 25.5 Å². The van der Waals surface area contributed by atoms with Crippen LogP contribution in [0.3, 0.4) is 0 Å². The monoisotopic (exact) mass is 261 g/mol. The van der Waals surface area contributed by atoms with Gasteiger partial charge in [-0.25, -0.2) is 9.78 Å². The van der Waals surface area contributed by atoms with Crippen molar-refractivity contribution in [2.24, 2.45) is 0 Å². The van der Waals surface area contributed by atoms with Gasteiger partial charge in [-0.15, -0.1) is 0 Å². The zero-order valence-corrected chi connectivity index (χ0v) is 11.3. The first-order valence-electron chi connectivity index (χ1n) is 6.55. The maximum absolute atomic E-state index is 11.9. The minimum atomic E-state index is -0.0162. The van der Waals surface area contributed by atoms with Crippen molar-refractivity contribution in [2.75, 3.05) is 11.9 Å². The van der Waals surface area contributed by atoms with E-state index in [4.69, 9.17) is 0 Å². The Morgan fingerprint density at radius 3 is 2.53 bits per heavy atom. The summed E-state index contributed by atoms with van der Waals surface area (Å²) in [5.41, 5.74) is 0.760. The van der Waals surface area contributed by atoms with Crippen LogP contribution in [0.15, 0.2) is 29.6 Å². The predicted molar refractivity (Wildman–Crippen MR) is 74.3 cm³/mol. The molecule has 1 N–H and O–H groups in total. The number of nitrogens with one attached hydrogen (secondary N) is 1. The van der Waals surface area contributed by atoms with E-state index >= 15 is 0 Å². The highest BCUT2D eigenvalue weighted by atomic mass is 16.1. The van der Waals surface area contributed by atoms with Crippen LogP contribution >= 0.6 is 0 Å². The second-order valence-electron chi connectivity index (χ2n) is 4.31. The molecule has 102 valence electrons. The van der Waals surface area contributed by atoms with E-state index in [0.717, 1.165) is 24.5 Å². The van der Waals surface area contributed by atoms with Gasteiger partial charge in [-0.1, -0.05) is 6.92 Å². The Kier molecular flexibility index (Phi) is 4.33. The van der Waals surface area contributed by atoms with Crippen molar-refractivity contribution in [1.82, 2.24) is 19.1 Å². The summed E-state index contributed by atoms with van der Waals surface area (Å²) in [5, 5.41) is 3.16. The van der Waals surface area contributed by atoms with Crippen molar-refractivity contribution >= 4 is 5.82 Å². The molecule has 2 heterocycles. The van der Waals surface area contributed by atoms with Crippen LogP contribution in [-0.2, 0) is 13.1 Å². The largest absolute Gasteiger partial charge is 0.369 e. The molecule has 6 heteroatoms. The number of anilines is 1. The van der Waals surface area contributed by atoms with Crippen LogP contribution in [0.4, 0.5) is 5.82 Å². The third-order valence-corrected chi connectivity index (χ3v) is 2.85. The fraction of sp³-hybridized carbons (Fsp3) is 0.462. The van der Waals surface area contributed by atoms with Gasteiger partial charge in [0.15, 0.2) is 0 Å². The van der Waals surface area contributed by atoms with Gasteiger partial charge in [-0.05, 0) is 13.3 Å². The summed E-state index contributed by atoms with van der Waals surface area (Å²) in [7, 11) is 0. The highest BCUT2D eigenvalue weighted by molar-refractivity contribution is 5.30. The van der Waals surface area contributed by atoms with Crippen molar-refractivity contribution in [3.63, 3.8) is 0 Å². The number of imidazole rings is 1. The van der Waals surface area contributed by atoms with E-state index in [1.54, 1.807) is 33.9 Å². The Bertz CT molecular complexity index is 569. The molecule has 2 aromatic rings. The number of nitrogens with zero attached hydrogens (tertiary/aromatic N) is 4. The average Bonchev–Trinajstić information content (AvgIpc) is 2.79. The van der Waals surface area contributed by atoms with E-state index in [-0.39, 0.29) is 5.69 Å². The van der Waals surface area contributed by atoms with E-state index in [9.17, 15) is 4.79 Å². The zero-order chi connectivity index (χ0) is 13.7. The van der Waals surface area contributed by atoms with Crippen molar-refractivity contribution < 1.29 is 0 Å². The minimum Gasteiger partial charge on any atom is -0.369 e. The summed E-state index contributed by atoms with van der Waals surface area (Å²) in [5.74, 6) is 0.768. The molecule has 0 saturated carbocycles. The van der Waals surface area contributed by atoms with Crippen LogP contribution in [0, 0.1) is 0 Å². The van der Waals surface area contributed by atoms with Gasteiger partial charge in [-0.3, -0.25) is 14.1 Å². The second-order valence-corrected chi connectivity index (χ2v) is 4.31. The lowest BCUT2D eigenvalue weighted by Gasteiger charge is -2.04. The molecule has 0 atom stereocenters. The molecule has 0 unspecified atom stereocenters. The molecule has 0 radical (unpaired) electrons. The molecule has 19 heavy (non-hydrogen) atoms. The smallest absolute Gasteiger partial charge is 0.328 e. The highest BCUT2D eigenvalue weighted by Crippen LogP contribution is 2.02. The van der Waals surface area contributed by atoms with Crippen molar-refractivity contribution in [1.29, 1.82) is 0 Å². The summed E-state index contributed by atoms with van der Waals surface area (Å²) in [6, 6.07) is 0. The lowest BCUT2D eigenvalue weighted by atomic mass is 10.4. The molecule has 0 aliphatic rings. The Balaban J connectivity index is 2.06. The molecular weight excluding hydrogens is 242 g/mol. The average molecular weight is 261 g/mol. The Morgan fingerprint density at radius 2 is 1.95 bits per heavy atom. The van der Waals surface area contributed by atoms with E-state index in [2.05, 4.69) is 22.2 Å². The molecule has 0 spiro atoms. The Morgan fingerprint density at radius 1 is 1.16 bits per heavy atom. The van der Waals surface area contributed by atoms with Crippen LogP contribution in [0.5, 0.6) is 0 Å². The van der Waals surface area contributed by atoms with Gasteiger partial charge in [0.2, 0.25) is 0 Å². The normalized spacial score (nSPS) is 10.6. The first kappa shape index (κ1) is 13.3. The fourth-order valence-electron chi connectivity index (χ4n) is 1.77. The summed E-state index contributed by atoms with van der Waals surface area (Å²) >= 11 is 0. The first-order valence-corrected chi connectivity index (χ1v) is 6.55. The number of rotatable bonds is 6. The topological polar surface area (TPSA) is 64.7 Å². The molecule has 6 nitrogen and oxygen atoms in total. The van der Waals surface area contributed by atoms with Gasteiger partial charge >= 0.3 is 5.69 Å².